The summed E-state index contributed by atoms with van der Waals surface area (Å²) in [4.78, 5) is 45.8. The summed E-state index contributed by atoms with van der Waals surface area (Å²) < 4.78 is 4.62. The highest BCUT2D eigenvalue weighted by molar-refractivity contribution is 7.09. The van der Waals surface area contributed by atoms with E-state index < -0.39 is 23.8 Å². The molecule has 4 N–H and O–H groups in total. The van der Waals surface area contributed by atoms with E-state index in [1.807, 2.05) is 39.8 Å². The molecule has 25 heavy (non-hydrogen) atoms. The summed E-state index contributed by atoms with van der Waals surface area (Å²) in [6, 6.07) is 8.22. The summed E-state index contributed by atoms with van der Waals surface area (Å²) in [6.07, 6.45) is 0.639. The molecule has 0 bridgehead atoms. The lowest BCUT2D eigenvalue weighted by Crippen LogP contribution is -2.51. The van der Waals surface area contributed by atoms with E-state index in [0.717, 1.165) is 5.56 Å². The summed E-state index contributed by atoms with van der Waals surface area (Å²) in [6.45, 7) is -0.490. The van der Waals surface area contributed by atoms with Gasteiger partial charge in [0.1, 0.15) is 12.8 Å². The van der Waals surface area contributed by atoms with Crippen molar-refractivity contribution in [2.45, 2.75) is 12.5 Å². The summed E-state index contributed by atoms with van der Waals surface area (Å²) in [5.74, 6) is -1.45. The van der Waals surface area contributed by atoms with Gasteiger partial charge in [-0.05, 0) is 5.56 Å². The van der Waals surface area contributed by atoms with Gasteiger partial charge in [0.25, 0.3) is 0 Å². The van der Waals surface area contributed by atoms with Crippen LogP contribution in [0.2, 0.25) is 0 Å². The average Bonchev–Trinajstić information content (AvgIpc) is 2.63. The van der Waals surface area contributed by atoms with Crippen molar-refractivity contribution in [3.8, 4) is 0 Å². The molecule has 1 rings (SSSR count). The first-order valence-corrected chi connectivity index (χ1v) is 7.90. The molecule has 0 spiro atoms. The van der Waals surface area contributed by atoms with Gasteiger partial charge in [0.2, 0.25) is 24.1 Å². The third kappa shape index (κ3) is 8.78. The average molecular weight is 368 g/mol. The van der Waals surface area contributed by atoms with E-state index in [1.54, 1.807) is 0 Å². The molecule has 0 saturated carbocycles. The summed E-state index contributed by atoms with van der Waals surface area (Å²) >= 11 is 0. The first-order valence-electron chi connectivity index (χ1n) is 7.43. The number of carbonyl (C=O) groups is 4. The molecule has 0 saturated heterocycles. The van der Waals surface area contributed by atoms with E-state index in [-0.39, 0.29) is 26.2 Å². The molecule has 1 aromatic carbocycles. The predicted octanol–water partition coefficient (Wildman–Crippen LogP) is -1.54. The van der Waals surface area contributed by atoms with Gasteiger partial charge in [0.15, 0.2) is 0 Å². The molecule has 0 aliphatic heterocycles. The van der Waals surface area contributed by atoms with Crippen LogP contribution in [0.4, 0.5) is 0 Å². The Kier molecular flexibility index (Phi) is 9.81. The third-order valence-electron chi connectivity index (χ3n) is 3.06. The Bertz CT molecular complexity index is 585. The van der Waals surface area contributed by atoms with E-state index in [4.69, 9.17) is 0 Å². The van der Waals surface area contributed by atoms with Crippen LogP contribution in [0.1, 0.15) is 5.56 Å². The molecule has 0 aromatic heterocycles. The Labute approximate surface area is 147 Å². The molecule has 9 nitrogen and oxygen atoms in total. The van der Waals surface area contributed by atoms with Crippen LogP contribution in [-0.2, 0) is 30.1 Å². The lowest BCUT2D eigenvalue weighted by atomic mass is 10.1. The molecular weight excluding hydrogens is 347 g/mol. The van der Waals surface area contributed by atoms with Crippen molar-refractivity contribution in [2.24, 2.45) is 0 Å². The Morgan fingerprint density at radius 2 is 1.80 bits per heavy atom. The molecule has 0 heterocycles. The Hall–Kier alpha value is -2.51. The van der Waals surface area contributed by atoms with Gasteiger partial charge < -0.3 is 25.8 Å². The number of benzene rings is 1. The molecule has 10 heteroatoms. The number of hydrogen-bond acceptors (Lipinski definition) is 5. The van der Waals surface area contributed by atoms with Gasteiger partial charge in [0, 0.05) is 15.9 Å². The molecular formula is C15H21N4O5P. The minimum atomic E-state index is -0.880. The maximum Gasteiger partial charge on any atom is 0.243 e. The lowest BCUT2D eigenvalue weighted by Gasteiger charge is -2.18. The van der Waals surface area contributed by atoms with Crippen LogP contribution in [0.15, 0.2) is 30.3 Å². The van der Waals surface area contributed by atoms with Crippen molar-refractivity contribution in [1.82, 2.24) is 21.3 Å². The highest BCUT2D eigenvalue weighted by Crippen LogP contribution is 2.03. The molecule has 0 fully saturated rings. The largest absolute Gasteiger partial charge is 0.350 e. The SMILES string of the molecule is O=CNCC(=O)NC(Cc1ccccc1)C(=O)NCC(=O)NCOP. The molecule has 0 radical (unpaired) electrons. The van der Waals surface area contributed by atoms with E-state index >= 15 is 0 Å². The number of nitrogens with one attached hydrogen (secondary N) is 4. The predicted molar refractivity (Wildman–Crippen MR) is 93.0 cm³/mol. The van der Waals surface area contributed by atoms with Crippen LogP contribution in [0, 0.1) is 0 Å². The second-order valence-electron chi connectivity index (χ2n) is 4.94. The fraction of sp³-hybridized carbons (Fsp3) is 0.333. The number of rotatable bonds is 11. The van der Waals surface area contributed by atoms with Crippen molar-refractivity contribution in [2.75, 3.05) is 19.8 Å². The zero-order chi connectivity index (χ0) is 18.5. The van der Waals surface area contributed by atoms with Gasteiger partial charge in [-0.25, -0.2) is 0 Å². The molecule has 136 valence electrons. The molecule has 0 aliphatic carbocycles. The van der Waals surface area contributed by atoms with E-state index in [0.29, 0.717) is 6.41 Å². The van der Waals surface area contributed by atoms with Crippen LogP contribution in [-0.4, -0.2) is 50.0 Å². The third-order valence-corrected chi connectivity index (χ3v) is 3.22. The van der Waals surface area contributed by atoms with Crippen molar-refractivity contribution in [3.05, 3.63) is 35.9 Å². The summed E-state index contributed by atoms with van der Waals surface area (Å²) in [5.41, 5.74) is 0.840. The standard InChI is InChI=1S/C15H21N4O5P/c20-9-16-7-14(22)19-12(6-11-4-2-1-3-5-11)15(23)17-8-13(21)18-10-24-25/h1-5,9,12H,6-8,10,25H2,(H,16,20)(H,17,23)(H,18,21)(H,19,22). The molecule has 4 amide bonds. The van der Waals surface area contributed by atoms with Crippen LogP contribution in [0.5, 0.6) is 0 Å². The maximum absolute atomic E-state index is 12.3. The number of carbonyl (C=O) groups excluding carboxylic acids is 4. The van der Waals surface area contributed by atoms with Gasteiger partial charge >= 0.3 is 0 Å². The summed E-state index contributed by atoms with van der Waals surface area (Å²) in [7, 11) is 1.99. The fourth-order valence-corrected chi connectivity index (χ4v) is 2.00. The Morgan fingerprint density at radius 1 is 1.08 bits per heavy atom. The van der Waals surface area contributed by atoms with Crippen LogP contribution in [0.3, 0.4) is 0 Å². The molecule has 2 unspecified atom stereocenters. The van der Waals surface area contributed by atoms with Crippen LogP contribution >= 0.6 is 9.47 Å². The summed E-state index contributed by atoms with van der Waals surface area (Å²) in [5, 5.41) is 9.63. The Morgan fingerprint density at radius 3 is 2.44 bits per heavy atom. The second-order valence-corrected chi connectivity index (χ2v) is 5.27. The smallest absolute Gasteiger partial charge is 0.243 e. The minimum Gasteiger partial charge on any atom is -0.350 e. The van der Waals surface area contributed by atoms with Crippen molar-refractivity contribution in [1.29, 1.82) is 0 Å². The maximum atomic E-state index is 12.3. The van der Waals surface area contributed by atoms with Gasteiger partial charge in [-0.2, -0.15) is 0 Å². The van der Waals surface area contributed by atoms with Crippen LogP contribution in [0.25, 0.3) is 0 Å². The molecule has 0 aliphatic rings. The first-order chi connectivity index (χ1) is 12.1. The molecule has 1 aromatic rings. The molecule has 2 atom stereocenters. The quantitative estimate of drug-likeness (QED) is 0.214. The van der Waals surface area contributed by atoms with Crippen molar-refractivity contribution < 1.29 is 23.7 Å². The topological polar surface area (TPSA) is 126 Å². The fourth-order valence-electron chi connectivity index (χ4n) is 1.91. The zero-order valence-corrected chi connectivity index (χ0v) is 14.6. The van der Waals surface area contributed by atoms with Gasteiger partial charge in [-0.15, -0.1) is 0 Å². The minimum absolute atomic E-state index is 0.000908. The first kappa shape index (κ1) is 20.5. The number of amides is 4. The Balaban J connectivity index is 2.65. The van der Waals surface area contributed by atoms with Gasteiger partial charge in [0.05, 0.1) is 13.1 Å². The van der Waals surface area contributed by atoms with E-state index in [9.17, 15) is 19.2 Å². The van der Waals surface area contributed by atoms with E-state index in [2.05, 4.69) is 25.8 Å². The zero-order valence-electron chi connectivity index (χ0n) is 13.5. The normalized spacial score (nSPS) is 11.1. The second kappa shape index (κ2) is 11.9. The number of hydrogen-bond donors (Lipinski definition) is 4. The van der Waals surface area contributed by atoms with Gasteiger partial charge in [-0.3, -0.25) is 19.2 Å². The van der Waals surface area contributed by atoms with Gasteiger partial charge in [-0.1, -0.05) is 30.3 Å². The van der Waals surface area contributed by atoms with Crippen LogP contribution < -0.4 is 21.3 Å². The van der Waals surface area contributed by atoms with Crippen molar-refractivity contribution >= 4 is 33.6 Å². The highest BCUT2D eigenvalue weighted by atomic mass is 31.0. The monoisotopic (exact) mass is 368 g/mol. The lowest BCUT2D eigenvalue weighted by molar-refractivity contribution is -0.130. The van der Waals surface area contributed by atoms with E-state index in [1.165, 1.54) is 0 Å². The van der Waals surface area contributed by atoms with Crippen molar-refractivity contribution in [3.63, 3.8) is 0 Å². The highest BCUT2D eigenvalue weighted by Gasteiger charge is 2.21.